The fourth-order valence-corrected chi connectivity index (χ4v) is 14.2. The summed E-state index contributed by atoms with van der Waals surface area (Å²) in [6, 6.07) is 28.0. The average Bonchev–Trinajstić information content (AvgIpc) is 3.58. The zero-order chi connectivity index (χ0) is 45.8. The van der Waals surface area contributed by atoms with Crippen LogP contribution in [0.2, 0.25) is 0 Å². The molecule has 3 aliphatic carbocycles. The molecule has 0 saturated heterocycles. The minimum absolute atomic E-state index is 0.0527. The summed E-state index contributed by atoms with van der Waals surface area (Å²) < 4.78 is 2.93. The van der Waals surface area contributed by atoms with Gasteiger partial charge in [0, 0.05) is 32.2 Å². The van der Waals surface area contributed by atoms with Crippen molar-refractivity contribution >= 4 is 49.7 Å². The summed E-state index contributed by atoms with van der Waals surface area (Å²) in [4.78, 5) is 2.78. The fraction of sp³-hybridized carbons (Fsp3) is 0.508. The molecule has 2 atom stereocenters. The molecule has 5 aromatic rings. The van der Waals surface area contributed by atoms with Crippen LogP contribution in [0.4, 0.5) is 11.4 Å². The van der Waals surface area contributed by atoms with E-state index in [4.69, 9.17) is 0 Å². The molecule has 1 nitrogen and oxygen atoms in total. The van der Waals surface area contributed by atoms with Crippen molar-refractivity contribution in [3.8, 4) is 0 Å². The molecule has 64 heavy (non-hydrogen) atoms. The van der Waals surface area contributed by atoms with Gasteiger partial charge in [-0.15, -0.1) is 11.3 Å². The molecule has 3 heterocycles. The molecule has 3 heteroatoms. The number of aryl methyl sites for hydroxylation is 2. The van der Waals surface area contributed by atoms with Crippen molar-refractivity contribution in [1.82, 2.24) is 0 Å². The van der Waals surface area contributed by atoms with Gasteiger partial charge in [0.15, 0.2) is 0 Å². The van der Waals surface area contributed by atoms with E-state index >= 15 is 0 Å². The van der Waals surface area contributed by atoms with Crippen molar-refractivity contribution < 1.29 is 0 Å². The maximum atomic E-state index is 2.78. The van der Waals surface area contributed by atoms with Crippen LogP contribution in [0, 0.1) is 12.8 Å². The van der Waals surface area contributed by atoms with Crippen molar-refractivity contribution in [3.63, 3.8) is 0 Å². The third-order valence-corrected chi connectivity index (χ3v) is 18.6. The van der Waals surface area contributed by atoms with Crippen LogP contribution >= 0.6 is 11.3 Å². The molecule has 2 aliphatic heterocycles. The Morgan fingerprint density at radius 1 is 0.672 bits per heavy atom. The van der Waals surface area contributed by atoms with Gasteiger partial charge in [0.05, 0.1) is 5.69 Å². The highest BCUT2D eigenvalue weighted by Crippen LogP contribution is 2.55. The van der Waals surface area contributed by atoms with E-state index in [1.165, 1.54) is 85.4 Å². The Kier molecular flexibility index (Phi) is 9.87. The number of hydrogen-bond acceptors (Lipinski definition) is 2. The zero-order valence-corrected chi connectivity index (χ0v) is 43.3. The van der Waals surface area contributed by atoms with Gasteiger partial charge in [-0.25, -0.2) is 0 Å². The lowest BCUT2D eigenvalue weighted by atomic mass is 9.32. The SMILES string of the molecule is Cc1cc2c(cc1CCC1C3=C4B(c5ccc(C(C)(C)C)cc51)c1sc5ccc(C(C)(C)C)cc5c1N(c1ccc5c(c1)C(C)(C)CCC5(C)C)C4=CC(C)C3)C(C)(C)CCC2(C)C. The third-order valence-electron chi connectivity index (χ3n) is 17.3. The molecule has 0 fully saturated rings. The highest BCUT2D eigenvalue weighted by Gasteiger charge is 2.49. The molecule has 0 amide bonds. The van der Waals surface area contributed by atoms with Gasteiger partial charge in [0.2, 0.25) is 0 Å². The Hall–Kier alpha value is -3.82. The summed E-state index contributed by atoms with van der Waals surface area (Å²) in [6.45, 7) is 39.2. The minimum Gasteiger partial charge on any atom is -0.310 e. The Morgan fingerprint density at radius 3 is 1.89 bits per heavy atom. The van der Waals surface area contributed by atoms with Crippen molar-refractivity contribution in [3.05, 3.63) is 140 Å². The first-order valence-electron chi connectivity index (χ1n) is 25.0. The third kappa shape index (κ3) is 6.89. The summed E-state index contributed by atoms with van der Waals surface area (Å²) in [6.07, 6.45) is 11.0. The lowest BCUT2D eigenvalue weighted by Crippen LogP contribution is -2.55. The van der Waals surface area contributed by atoms with E-state index in [-0.39, 0.29) is 39.2 Å². The molecular formula is C61H76BNS. The van der Waals surface area contributed by atoms with Crippen LogP contribution < -0.4 is 15.1 Å². The van der Waals surface area contributed by atoms with Gasteiger partial charge in [-0.1, -0.05) is 163 Å². The van der Waals surface area contributed by atoms with Crippen LogP contribution in [-0.2, 0) is 38.9 Å². The lowest BCUT2D eigenvalue weighted by Gasteiger charge is -2.47. The zero-order valence-electron chi connectivity index (χ0n) is 42.5. The highest BCUT2D eigenvalue weighted by atomic mass is 32.1. The van der Waals surface area contributed by atoms with Gasteiger partial charge in [0.25, 0.3) is 6.71 Å². The Morgan fingerprint density at radius 2 is 1.25 bits per heavy atom. The van der Waals surface area contributed by atoms with Gasteiger partial charge >= 0.3 is 0 Å². The van der Waals surface area contributed by atoms with Crippen LogP contribution in [0.25, 0.3) is 10.1 Å². The fourth-order valence-electron chi connectivity index (χ4n) is 12.9. The molecule has 1 aromatic heterocycles. The predicted molar refractivity (Wildman–Crippen MR) is 281 cm³/mol. The molecule has 0 N–H and O–H groups in total. The normalized spacial score (nSPS) is 22.7. The number of benzene rings is 4. The van der Waals surface area contributed by atoms with E-state index in [2.05, 4.69) is 200 Å². The predicted octanol–water partition coefficient (Wildman–Crippen LogP) is 15.8. The second kappa shape index (κ2) is 14.3. The van der Waals surface area contributed by atoms with Crippen molar-refractivity contribution in [2.75, 3.05) is 4.90 Å². The number of nitrogens with zero attached hydrogens (tertiary/aromatic N) is 1. The largest absolute Gasteiger partial charge is 0.310 e. The van der Waals surface area contributed by atoms with Gasteiger partial charge in [-0.3, -0.25) is 0 Å². The first-order valence-corrected chi connectivity index (χ1v) is 25.8. The van der Waals surface area contributed by atoms with Crippen molar-refractivity contribution in [1.29, 1.82) is 0 Å². The molecule has 4 aromatic carbocycles. The molecule has 2 unspecified atom stereocenters. The van der Waals surface area contributed by atoms with E-state index in [0.717, 1.165) is 19.3 Å². The maximum absolute atomic E-state index is 2.78. The second-order valence-corrected chi connectivity index (χ2v) is 27.1. The van der Waals surface area contributed by atoms with Crippen LogP contribution in [0.1, 0.15) is 198 Å². The van der Waals surface area contributed by atoms with Gasteiger partial charge in [0.1, 0.15) is 0 Å². The number of allylic oxidation sites excluding steroid dienone is 3. The number of anilines is 2. The molecule has 0 spiro atoms. The monoisotopic (exact) mass is 866 g/mol. The molecule has 5 aliphatic rings. The number of rotatable bonds is 4. The van der Waals surface area contributed by atoms with Crippen molar-refractivity contribution in [2.24, 2.45) is 5.92 Å². The molecule has 334 valence electrons. The Labute approximate surface area is 392 Å². The standard InChI is InChI=1S/C61H76BNS/c1-36-29-44-42(21-17-38-32-48-47(31-37(38)2)59(11,12)27-28-60(48,13)14)43-33-39(56(3,4)5)18-23-50(43)62-53(44)51(30-36)63(41-20-22-46-49(35-41)61(15,16)26-25-58(46,9)10)54-45-34-40(57(6,7)8)19-24-52(45)64-55(54)62/h18-20,22-24,30-36,42H,17,21,25-29H2,1-16H3. The highest BCUT2D eigenvalue weighted by molar-refractivity contribution is 7.32. The number of hydrogen-bond donors (Lipinski definition) is 0. The van der Waals surface area contributed by atoms with E-state index in [1.54, 1.807) is 38.8 Å². The van der Waals surface area contributed by atoms with E-state index in [1.807, 2.05) is 0 Å². The molecule has 0 saturated carbocycles. The molecule has 0 radical (unpaired) electrons. The maximum Gasteiger partial charge on any atom is 0.259 e. The average molecular weight is 866 g/mol. The quantitative estimate of drug-likeness (QED) is 0.163. The summed E-state index contributed by atoms with van der Waals surface area (Å²) >= 11 is 2.07. The summed E-state index contributed by atoms with van der Waals surface area (Å²) in [7, 11) is 0. The van der Waals surface area contributed by atoms with Gasteiger partial charge < -0.3 is 4.90 Å². The first-order chi connectivity index (χ1) is 29.8. The first kappa shape index (κ1) is 44.0. The van der Waals surface area contributed by atoms with Crippen LogP contribution in [-0.4, -0.2) is 6.71 Å². The second-order valence-electron chi connectivity index (χ2n) is 26.0. The number of fused-ring (bicyclic) bond motifs is 8. The molecule has 10 rings (SSSR count). The van der Waals surface area contributed by atoms with Crippen LogP contribution in [0.3, 0.4) is 0 Å². The lowest BCUT2D eigenvalue weighted by molar-refractivity contribution is 0.331. The Bertz CT molecular complexity index is 2820. The summed E-state index contributed by atoms with van der Waals surface area (Å²) in [5.74, 6) is 0.799. The van der Waals surface area contributed by atoms with Gasteiger partial charge in [-0.2, -0.15) is 0 Å². The minimum atomic E-state index is 0.0527. The summed E-state index contributed by atoms with van der Waals surface area (Å²) in [5, 5.41) is 1.41. The topological polar surface area (TPSA) is 3.24 Å². The smallest absolute Gasteiger partial charge is 0.259 e. The van der Waals surface area contributed by atoms with Crippen LogP contribution in [0.15, 0.2) is 89.5 Å². The van der Waals surface area contributed by atoms with Crippen molar-refractivity contribution in [2.45, 2.75) is 194 Å². The van der Waals surface area contributed by atoms with E-state index in [0.29, 0.717) is 11.8 Å². The Balaban J connectivity index is 1.21. The number of thiophene rings is 1. The van der Waals surface area contributed by atoms with Crippen LogP contribution in [0.5, 0.6) is 0 Å². The molecular weight excluding hydrogens is 790 g/mol. The van der Waals surface area contributed by atoms with E-state index in [9.17, 15) is 0 Å². The summed E-state index contributed by atoms with van der Waals surface area (Å²) in [5.41, 5.74) is 23.6. The molecule has 0 bridgehead atoms. The van der Waals surface area contributed by atoms with Gasteiger partial charge in [-0.05, 0) is 170 Å². The van der Waals surface area contributed by atoms with E-state index < -0.39 is 0 Å².